The second-order valence-electron chi connectivity index (χ2n) is 7.72. The fourth-order valence-corrected chi connectivity index (χ4v) is 3.78. The second-order valence-corrected chi connectivity index (χ2v) is 7.72. The van der Waals surface area contributed by atoms with E-state index < -0.39 is 0 Å². The number of ether oxygens (including phenoxy) is 1. The van der Waals surface area contributed by atoms with Crippen molar-refractivity contribution in [3.05, 3.63) is 53.3 Å². The molecule has 5 rings (SSSR count). The molecule has 4 nitrogen and oxygen atoms in total. The Bertz CT molecular complexity index is 1140. The summed E-state index contributed by atoms with van der Waals surface area (Å²) in [5.74, 6) is 1.07. The van der Waals surface area contributed by atoms with Crippen molar-refractivity contribution in [1.29, 1.82) is 0 Å². The highest BCUT2D eigenvalue weighted by Crippen LogP contribution is 2.33. The van der Waals surface area contributed by atoms with Crippen molar-refractivity contribution in [1.82, 2.24) is 14.4 Å². The number of rotatable bonds is 2. The van der Waals surface area contributed by atoms with Crippen molar-refractivity contribution in [3.63, 3.8) is 0 Å². The third-order valence-electron chi connectivity index (χ3n) is 5.41. The van der Waals surface area contributed by atoms with Gasteiger partial charge in [-0.05, 0) is 49.2 Å². The Morgan fingerprint density at radius 1 is 1.04 bits per heavy atom. The lowest BCUT2D eigenvalue weighted by molar-refractivity contribution is -0.101. The first kappa shape index (κ1) is 14.8. The lowest BCUT2D eigenvalue weighted by Gasteiger charge is -2.37. The molecular formula is C21H21N3O. The van der Waals surface area contributed by atoms with E-state index in [1.54, 1.807) is 0 Å². The molecule has 4 heteroatoms. The maximum Gasteiger partial charge on any atom is 0.148 e. The van der Waals surface area contributed by atoms with Gasteiger partial charge in [-0.3, -0.25) is 4.40 Å². The van der Waals surface area contributed by atoms with Crippen LogP contribution in [0.4, 0.5) is 0 Å². The minimum atomic E-state index is 0.165. The minimum absolute atomic E-state index is 0.165. The van der Waals surface area contributed by atoms with E-state index in [9.17, 15) is 0 Å². The van der Waals surface area contributed by atoms with Crippen molar-refractivity contribution in [2.24, 2.45) is 5.41 Å². The number of imidazole rings is 1. The van der Waals surface area contributed by atoms with E-state index in [-0.39, 0.29) is 5.41 Å². The predicted molar refractivity (Wildman–Crippen MR) is 100 cm³/mol. The third-order valence-corrected chi connectivity index (χ3v) is 5.41. The summed E-state index contributed by atoms with van der Waals surface area (Å²) in [6.07, 6.45) is 0.896. The predicted octanol–water partition coefficient (Wildman–Crippen LogP) is 4.23. The summed E-state index contributed by atoms with van der Waals surface area (Å²) in [5, 5.41) is 1.10. The summed E-state index contributed by atoms with van der Waals surface area (Å²) in [4.78, 5) is 9.98. The highest BCUT2D eigenvalue weighted by atomic mass is 16.5. The standard InChI is InChI=1S/C21H21N3O/c1-13-8-17-18(9-14(13)2)24-19(10-21(3)11-25-12-21)22-16-7-5-4-6-15(16)20(24)23-17/h4-9H,10-12H2,1-3H3. The van der Waals surface area contributed by atoms with Gasteiger partial charge >= 0.3 is 0 Å². The van der Waals surface area contributed by atoms with E-state index in [4.69, 9.17) is 14.7 Å². The van der Waals surface area contributed by atoms with Gasteiger partial charge in [-0.1, -0.05) is 19.1 Å². The van der Waals surface area contributed by atoms with Crippen LogP contribution in [-0.4, -0.2) is 27.6 Å². The van der Waals surface area contributed by atoms with Crippen LogP contribution in [0.3, 0.4) is 0 Å². The summed E-state index contributed by atoms with van der Waals surface area (Å²) >= 11 is 0. The fraction of sp³-hybridized carbons (Fsp3) is 0.333. The number of aryl methyl sites for hydroxylation is 2. The fourth-order valence-electron chi connectivity index (χ4n) is 3.78. The highest BCUT2D eigenvalue weighted by Gasteiger charge is 2.35. The van der Waals surface area contributed by atoms with Crippen molar-refractivity contribution in [3.8, 4) is 0 Å². The van der Waals surface area contributed by atoms with E-state index in [1.807, 2.05) is 6.07 Å². The summed E-state index contributed by atoms with van der Waals surface area (Å²) in [6, 6.07) is 12.7. The van der Waals surface area contributed by atoms with E-state index in [1.165, 1.54) is 11.1 Å². The van der Waals surface area contributed by atoms with Crippen LogP contribution in [-0.2, 0) is 11.2 Å². The highest BCUT2D eigenvalue weighted by molar-refractivity contribution is 5.96. The molecule has 0 saturated carbocycles. The number of fused-ring (bicyclic) bond motifs is 5. The lowest BCUT2D eigenvalue weighted by atomic mass is 9.84. The van der Waals surface area contributed by atoms with Crippen LogP contribution in [0, 0.1) is 19.3 Å². The van der Waals surface area contributed by atoms with Crippen LogP contribution >= 0.6 is 0 Å². The molecule has 0 unspecified atom stereocenters. The molecule has 3 heterocycles. The third kappa shape index (κ3) is 2.17. The van der Waals surface area contributed by atoms with E-state index in [0.717, 1.165) is 53.0 Å². The normalized spacial score (nSPS) is 16.6. The summed E-state index contributed by atoms with van der Waals surface area (Å²) in [6.45, 7) is 8.17. The van der Waals surface area contributed by atoms with Gasteiger partial charge in [0.15, 0.2) is 0 Å². The minimum Gasteiger partial charge on any atom is -0.380 e. The molecule has 126 valence electrons. The molecule has 0 spiro atoms. The number of aromatic nitrogens is 3. The number of benzene rings is 2. The van der Waals surface area contributed by atoms with Gasteiger partial charge in [0.1, 0.15) is 11.5 Å². The zero-order chi connectivity index (χ0) is 17.2. The first-order valence-electron chi connectivity index (χ1n) is 8.79. The second kappa shape index (κ2) is 5.02. The molecular weight excluding hydrogens is 310 g/mol. The Morgan fingerprint density at radius 2 is 1.80 bits per heavy atom. The Balaban J connectivity index is 1.90. The molecule has 2 aromatic heterocycles. The molecule has 0 atom stereocenters. The molecule has 0 bridgehead atoms. The molecule has 0 N–H and O–H groups in total. The van der Waals surface area contributed by atoms with Crippen LogP contribution in [0.25, 0.3) is 27.6 Å². The monoisotopic (exact) mass is 331 g/mol. The number of hydrogen-bond donors (Lipinski definition) is 0. The molecule has 4 aromatic rings. The van der Waals surface area contributed by atoms with Gasteiger partial charge in [0, 0.05) is 17.2 Å². The lowest BCUT2D eigenvalue weighted by Crippen LogP contribution is -2.42. The number of hydrogen-bond acceptors (Lipinski definition) is 3. The van der Waals surface area contributed by atoms with Crippen LogP contribution < -0.4 is 0 Å². The molecule has 0 amide bonds. The summed E-state index contributed by atoms with van der Waals surface area (Å²) < 4.78 is 7.72. The van der Waals surface area contributed by atoms with Crippen LogP contribution in [0.2, 0.25) is 0 Å². The van der Waals surface area contributed by atoms with Crippen LogP contribution in [0.15, 0.2) is 36.4 Å². The molecule has 2 aromatic carbocycles. The summed E-state index contributed by atoms with van der Waals surface area (Å²) in [7, 11) is 0. The molecule has 25 heavy (non-hydrogen) atoms. The van der Waals surface area contributed by atoms with Gasteiger partial charge in [-0.15, -0.1) is 0 Å². The van der Waals surface area contributed by atoms with Gasteiger partial charge in [-0.25, -0.2) is 9.97 Å². The Morgan fingerprint density at radius 3 is 2.56 bits per heavy atom. The van der Waals surface area contributed by atoms with E-state index >= 15 is 0 Å². The summed E-state index contributed by atoms with van der Waals surface area (Å²) in [5.41, 5.74) is 6.93. The first-order valence-corrected chi connectivity index (χ1v) is 8.79. The van der Waals surface area contributed by atoms with Crippen LogP contribution in [0.1, 0.15) is 23.9 Å². The van der Waals surface area contributed by atoms with Gasteiger partial charge < -0.3 is 4.74 Å². The van der Waals surface area contributed by atoms with Crippen LogP contribution in [0.5, 0.6) is 0 Å². The van der Waals surface area contributed by atoms with Crippen molar-refractivity contribution in [2.75, 3.05) is 13.2 Å². The maximum atomic E-state index is 5.46. The van der Waals surface area contributed by atoms with Gasteiger partial charge in [0.25, 0.3) is 0 Å². The Hall–Kier alpha value is -2.46. The average Bonchev–Trinajstić information content (AvgIpc) is 2.93. The number of para-hydroxylation sites is 1. The molecule has 1 saturated heterocycles. The maximum absolute atomic E-state index is 5.46. The number of nitrogens with zero attached hydrogens (tertiary/aromatic N) is 3. The zero-order valence-electron chi connectivity index (χ0n) is 14.8. The molecule has 0 aliphatic carbocycles. The molecule has 1 aliphatic heterocycles. The quantitative estimate of drug-likeness (QED) is 0.552. The Labute approximate surface area is 146 Å². The van der Waals surface area contributed by atoms with Crippen molar-refractivity contribution in [2.45, 2.75) is 27.2 Å². The average molecular weight is 331 g/mol. The van der Waals surface area contributed by atoms with Gasteiger partial charge in [-0.2, -0.15) is 0 Å². The SMILES string of the molecule is Cc1cc2nc3c4ccccc4nc(CC4(C)COC4)n3c2cc1C. The molecule has 1 aliphatic rings. The largest absolute Gasteiger partial charge is 0.380 e. The topological polar surface area (TPSA) is 39.4 Å². The van der Waals surface area contributed by atoms with E-state index in [0.29, 0.717) is 0 Å². The molecule has 0 radical (unpaired) electrons. The molecule has 1 fully saturated rings. The first-order chi connectivity index (χ1) is 12.0. The van der Waals surface area contributed by atoms with Crippen molar-refractivity contribution < 1.29 is 4.74 Å². The Kier molecular flexibility index (Phi) is 2.98. The van der Waals surface area contributed by atoms with Crippen molar-refractivity contribution >= 4 is 27.6 Å². The van der Waals surface area contributed by atoms with E-state index in [2.05, 4.69) is 55.5 Å². The smallest absolute Gasteiger partial charge is 0.148 e. The van der Waals surface area contributed by atoms with Gasteiger partial charge in [0.05, 0.1) is 29.8 Å². The van der Waals surface area contributed by atoms with Gasteiger partial charge in [0.2, 0.25) is 0 Å². The zero-order valence-corrected chi connectivity index (χ0v) is 14.8.